The van der Waals surface area contributed by atoms with Crippen molar-refractivity contribution in [2.75, 3.05) is 26.2 Å². The second-order valence-corrected chi connectivity index (χ2v) is 11.5. The molecule has 6 nitrogen and oxygen atoms in total. The number of hydrogen-bond acceptors (Lipinski definition) is 5. The van der Waals surface area contributed by atoms with Crippen molar-refractivity contribution < 1.29 is 18.3 Å². The van der Waals surface area contributed by atoms with Crippen LogP contribution >= 0.6 is 11.8 Å². The summed E-state index contributed by atoms with van der Waals surface area (Å²) in [7, 11) is -3.96. The van der Waals surface area contributed by atoms with E-state index in [0.29, 0.717) is 6.54 Å². The molecule has 0 spiro atoms. The molecule has 1 N–H and O–H groups in total. The van der Waals surface area contributed by atoms with Gasteiger partial charge in [-0.15, -0.1) is 0 Å². The maximum atomic E-state index is 13.6. The minimum Gasteiger partial charge on any atom is -0.480 e. The highest BCUT2D eigenvalue weighted by Gasteiger charge is 2.38. The molecule has 1 fully saturated rings. The summed E-state index contributed by atoms with van der Waals surface area (Å²) < 4.78 is 28.3. The van der Waals surface area contributed by atoms with E-state index in [-0.39, 0.29) is 17.4 Å². The normalized spacial score (nSPS) is 16.4. The summed E-state index contributed by atoms with van der Waals surface area (Å²) in [5.74, 6) is -1.46. The number of nitrogens with zero attached hydrogens (tertiary/aromatic N) is 2. The minimum atomic E-state index is -3.96. The molecule has 1 unspecified atom stereocenters. The SMILES string of the molecule is CC(C)C(C(=O)O)N(CCN1CCCCC1)S(=O)(=O)c1ccc(Sc2ccccc2)cc1. The molecule has 1 aliphatic heterocycles. The van der Waals surface area contributed by atoms with Crippen LogP contribution in [0.25, 0.3) is 0 Å². The Balaban J connectivity index is 1.83. The Morgan fingerprint density at radius 2 is 1.59 bits per heavy atom. The molecular formula is C24H32N2O4S2. The molecule has 0 aromatic heterocycles. The fourth-order valence-electron chi connectivity index (χ4n) is 4.01. The smallest absolute Gasteiger partial charge is 0.322 e. The van der Waals surface area contributed by atoms with Crippen molar-refractivity contribution in [2.45, 2.75) is 53.8 Å². The fourth-order valence-corrected chi connectivity index (χ4v) is 6.56. The van der Waals surface area contributed by atoms with Crippen molar-refractivity contribution in [2.24, 2.45) is 5.92 Å². The summed E-state index contributed by atoms with van der Waals surface area (Å²) in [5, 5.41) is 9.85. The number of likely N-dealkylation sites (tertiary alicyclic amines) is 1. The predicted octanol–water partition coefficient (Wildman–Crippen LogP) is 4.42. The summed E-state index contributed by atoms with van der Waals surface area (Å²) in [6.45, 7) is 6.07. The molecule has 32 heavy (non-hydrogen) atoms. The standard InChI is InChI=1S/C24H32N2O4S2/c1-19(2)23(24(27)28)26(18-17-25-15-7-4-8-16-25)32(29,30)22-13-11-21(12-14-22)31-20-9-5-3-6-10-20/h3,5-6,9-14,19,23H,4,7-8,15-18H2,1-2H3,(H,27,28). The monoisotopic (exact) mass is 476 g/mol. The Kier molecular flexibility index (Phi) is 8.76. The molecule has 0 radical (unpaired) electrons. The van der Waals surface area contributed by atoms with E-state index in [9.17, 15) is 18.3 Å². The first kappa shape index (κ1) is 24.8. The number of aliphatic carboxylic acids is 1. The third-order valence-corrected chi connectivity index (χ3v) is 8.60. The van der Waals surface area contributed by atoms with Gasteiger partial charge in [-0.1, -0.05) is 50.2 Å². The fraction of sp³-hybridized carbons (Fsp3) is 0.458. The van der Waals surface area contributed by atoms with Gasteiger partial charge in [-0.3, -0.25) is 4.79 Å². The topological polar surface area (TPSA) is 77.9 Å². The molecule has 0 aliphatic carbocycles. The van der Waals surface area contributed by atoms with Gasteiger partial charge in [0.2, 0.25) is 10.0 Å². The largest absolute Gasteiger partial charge is 0.480 e. The molecular weight excluding hydrogens is 444 g/mol. The lowest BCUT2D eigenvalue weighted by atomic mass is 10.0. The zero-order valence-corrected chi connectivity index (χ0v) is 20.3. The third-order valence-electron chi connectivity index (χ3n) is 5.69. The lowest BCUT2D eigenvalue weighted by Crippen LogP contribution is -2.51. The van der Waals surface area contributed by atoms with Gasteiger partial charge in [0, 0.05) is 22.9 Å². The first-order chi connectivity index (χ1) is 15.3. The van der Waals surface area contributed by atoms with E-state index in [1.807, 2.05) is 30.3 Å². The van der Waals surface area contributed by atoms with Crippen LogP contribution in [-0.2, 0) is 14.8 Å². The molecule has 1 aliphatic rings. The van der Waals surface area contributed by atoms with Crippen LogP contribution in [-0.4, -0.2) is 60.9 Å². The number of piperidine rings is 1. The minimum absolute atomic E-state index is 0.125. The highest BCUT2D eigenvalue weighted by Crippen LogP contribution is 2.29. The van der Waals surface area contributed by atoms with Crippen molar-refractivity contribution in [3.8, 4) is 0 Å². The molecule has 2 aromatic carbocycles. The van der Waals surface area contributed by atoms with Crippen LogP contribution in [0.4, 0.5) is 0 Å². The highest BCUT2D eigenvalue weighted by molar-refractivity contribution is 7.99. The van der Waals surface area contributed by atoms with Crippen LogP contribution in [0.5, 0.6) is 0 Å². The number of carbonyl (C=O) groups is 1. The average molecular weight is 477 g/mol. The van der Waals surface area contributed by atoms with Gasteiger partial charge in [-0.25, -0.2) is 8.42 Å². The lowest BCUT2D eigenvalue weighted by molar-refractivity contribution is -0.143. The second kappa shape index (κ2) is 11.3. The Hall–Kier alpha value is -1.87. The van der Waals surface area contributed by atoms with Gasteiger partial charge in [0.05, 0.1) is 4.90 Å². The Labute approximate surface area is 195 Å². The summed E-state index contributed by atoms with van der Waals surface area (Å²) in [6.07, 6.45) is 3.38. The van der Waals surface area contributed by atoms with E-state index < -0.39 is 22.0 Å². The Bertz CT molecular complexity index is 973. The summed E-state index contributed by atoms with van der Waals surface area (Å²) >= 11 is 1.55. The van der Waals surface area contributed by atoms with Crippen LogP contribution in [0.3, 0.4) is 0 Å². The second-order valence-electron chi connectivity index (χ2n) is 8.43. The number of carboxylic acids is 1. The molecule has 1 saturated heterocycles. The Morgan fingerprint density at radius 3 is 2.16 bits per heavy atom. The zero-order chi connectivity index (χ0) is 23.1. The molecule has 1 heterocycles. The Morgan fingerprint density at radius 1 is 1.00 bits per heavy atom. The molecule has 0 bridgehead atoms. The van der Waals surface area contributed by atoms with E-state index >= 15 is 0 Å². The molecule has 8 heteroatoms. The maximum absolute atomic E-state index is 13.6. The van der Waals surface area contributed by atoms with Crippen molar-refractivity contribution >= 4 is 27.8 Å². The molecule has 1 atom stereocenters. The molecule has 0 saturated carbocycles. The molecule has 0 amide bonds. The molecule has 174 valence electrons. The number of carboxylic acid groups (broad SMARTS) is 1. The van der Waals surface area contributed by atoms with Crippen LogP contribution in [0.1, 0.15) is 33.1 Å². The van der Waals surface area contributed by atoms with E-state index in [1.54, 1.807) is 49.9 Å². The average Bonchev–Trinajstić information content (AvgIpc) is 2.77. The molecule has 2 aromatic rings. The summed E-state index contributed by atoms with van der Waals surface area (Å²) in [4.78, 5) is 16.4. The van der Waals surface area contributed by atoms with Gasteiger partial charge < -0.3 is 10.0 Å². The maximum Gasteiger partial charge on any atom is 0.322 e. The van der Waals surface area contributed by atoms with Gasteiger partial charge in [0.1, 0.15) is 6.04 Å². The van der Waals surface area contributed by atoms with E-state index in [4.69, 9.17) is 0 Å². The van der Waals surface area contributed by atoms with E-state index in [1.165, 1.54) is 10.7 Å². The summed E-state index contributed by atoms with van der Waals surface area (Å²) in [5.41, 5.74) is 0. The number of hydrogen-bond donors (Lipinski definition) is 1. The van der Waals surface area contributed by atoms with Crippen LogP contribution < -0.4 is 0 Å². The molecule has 3 rings (SSSR count). The van der Waals surface area contributed by atoms with Gasteiger partial charge in [0.25, 0.3) is 0 Å². The highest BCUT2D eigenvalue weighted by atomic mass is 32.2. The van der Waals surface area contributed by atoms with Gasteiger partial charge >= 0.3 is 5.97 Å². The van der Waals surface area contributed by atoms with Crippen molar-refractivity contribution in [3.05, 3.63) is 54.6 Å². The first-order valence-electron chi connectivity index (χ1n) is 11.1. The quantitative estimate of drug-likeness (QED) is 0.547. The van der Waals surface area contributed by atoms with Crippen molar-refractivity contribution in [1.82, 2.24) is 9.21 Å². The first-order valence-corrected chi connectivity index (χ1v) is 13.3. The van der Waals surface area contributed by atoms with Gasteiger partial charge in [-0.05, 0) is 68.2 Å². The van der Waals surface area contributed by atoms with E-state index in [2.05, 4.69) is 4.90 Å². The van der Waals surface area contributed by atoms with Crippen LogP contribution in [0.2, 0.25) is 0 Å². The number of rotatable bonds is 10. The number of benzene rings is 2. The third kappa shape index (κ3) is 6.34. The van der Waals surface area contributed by atoms with Gasteiger partial charge in [-0.2, -0.15) is 4.31 Å². The van der Waals surface area contributed by atoms with Crippen LogP contribution in [0.15, 0.2) is 69.3 Å². The number of sulfonamides is 1. The van der Waals surface area contributed by atoms with Gasteiger partial charge in [0.15, 0.2) is 0 Å². The lowest BCUT2D eigenvalue weighted by Gasteiger charge is -2.33. The van der Waals surface area contributed by atoms with Crippen molar-refractivity contribution in [3.63, 3.8) is 0 Å². The van der Waals surface area contributed by atoms with E-state index in [0.717, 1.165) is 35.7 Å². The predicted molar refractivity (Wildman–Crippen MR) is 127 cm³/mol. The van der Waals surface area contributed by atoms with Crippen molar-refractivity contribution in [1.29, 1.82) is 0 Å². The summed E-state index contributed by atoms with van der Waals surface area (Å²) in [6, 6.07) is 15.5. The zero-order valence-electron chi connectivity index (χ0n) is 18.7. The van der Waals surface area contributed by atoms with Crippen LogP contribution in [0, 0.1) is 5.92 Å².